The van der Waals surface area contributed by atoms with Crippen LogP contribution in [0.5, 0.6) is 0 Å². The van der Waals surface area contributed by atoms with Crippen molar-refractivity contribution in [2.75, 3.05) is 0 Å². The molecule has 1 saturated carbocycles. The molecular weight excluding hydrogens is 510 g/mol. The Bertz CT molecular complexity index is 1210. The summed E-state index contributed by atoms with van der Waals surface area (Å²) >= 11 is 6.46. The fourth-order valence-electron chi connectivity index (χ4n) is 5.53. The lowest BCUT2D eigenvalue weighted by molar-refractivity contribution is -0.127. The van der Waals surface area contributed by atoms with E-state index in [1.165, 1.54) is 5.56 Å². The van der Waals surface area contributed by atoms with E-state index in [4.69, 9.17) is 16.3 Å². The number of aromatic amines is 1. The van der Waals surface area contributed by atoms with E-state index >= 15 is 0 Å². The first kappa shape index (κ1) is 29.0. The van der Waals surface area contributed by atoms with E-state index in [1.807, 2.05) is 48.7 Å². The number of benzene rings is 2. The Kier molecular flexibility index (Phi) is 10.3. The number of amides is 2. The number of nitrogens with one attached hydrogen (secondary N) is 3. The van der Waals surface area contributed by atoms with Crippen LogP contribution in [0.3, 0.4) is 0 Å². The molecule has 0 bridgehead atoms. The average molecular weight is 552 g/mol. The minimum Gasteiger partial charge on any atom is -0.445 e. The van der Waals surface area contributed by atoms with Crippen molar-refractivity contribution >= 4 is 34.5 Å². The van der Waals surface area contributed by atoms with Gasteiger partial charge < -0.3 is 20.4 Å². The third-order valence-electron chi connectivity index (χ3n) is 7.79. The van der Waals surface area contributed by atoms with Gasteiger partial charge in [-0.3, -0.25) is 4.79 Å². The van der Waals surface area contributed by atoms with Crippen molar-refractivity contribution in [3.8, 4) is 0 Å². The molecule has 3 aromatic rings. The Balaban J connectivity index is 1.55. The topological polar surface area (TPSA) is 83.2 Å². The van der Waals surface area contributed by atoms with Gasteiger partial charge in [0, 0.05) is 29.6 Å². The number of rotatable bonds is 12. The zero-order valence-corrected chi connectivity index (χ0v) is 23.9. The molecule has 0 saturated heterocycles. The van der Waals surface area contributed by atoms with Crippen LogP contribution in [0.1, 0.15) is 76.3 Å². The maximum Gasteiger partial charge on any atom is 0.408 e. The summed E-state index contributed by atoms with van der Waals surface area (Å²) in [6, 6.07) is 18.2. The van der Waals surface area contributed by atoms with Gasteiger partial charge in [0.1, 0.15) is 11.6 Å². The first-order valence-corrected chi connectivity index (χ1v) is 14.8. The molecule has 1 fully saturated rings. The van der Waals surface area contributed by atoms with Crippen molar-refractivity contribution in [1.82, 2.24) is 15.6 Å². The quantitative estimate of drug-likeness (QED) is 0.166. The highest BCUT2D eigenvalue weighted by atomic mass is 35.5. The minimum absolute atomic E-state index is 0.0443. The number of carbonyl (C=O) groups is 2. The molecule has 1 heterocycles. The second kappa shape index (κ2) is 13.9. The molecule has 39 heavy (non-hydrogen) atoms. The number of fused-ring (bicyclic) bond motifs is 1. The van der Waals surface area contributed by atoms with Crippen LogP contribution in [0, 0.1) is 0 Å². The molecule has 2 aromatic carbocycles. The Morgan fingerprint density at radius 1 is 1.08 bits per heavy atom. The normalized spacial score (nSPS) is 19.7. The van der Waals surface area contributed by atoms with E-state index in [1.54, 1.807) is 6.92 Å². The SMILES string of the molecule is CCCCCC(Cc1ccccc1)NC(=O)C(C)(Cc1c[nH]c2ccccc12)NC(=O)OC1CCCCC1Cl. The highest BCUT2D eigenvalue weighted by Gasteiger charge is 2.38. The third-order valence-corrected chi connectivity index (χ3v) is 8.29. The monoisotopic (exact) mass is 551 g/mol. The standard InChI is InChI=1S/C32H42ClN3O3/c1-3-4-6-15-25(20-23-13-7-5-8-14-23)35-30(37)32(2,21-24-22-34-28-18-11-9-16-26(24)28)36-31(38)39-29-19-12-10-17-27(29)33/h5,7-9,11,13-14,16,18,22,25,27,29,34H,3-4,6,10,12,15,17,19-21H2,1-2H3,(H,35,37)(H,36,38). The minimum atomic E-state index is -1.22. The predicted octanol–water partition coefficient (Wildman–Crippen LogP) is 7.05. The lowest BCUT2D eigenvalue weighted by Crippen LogP contribution is -2.60. The average Bonchev–Trinajstić information content (AvgIpc) is 3.33. The molecule has 3 N–H and O–H groups in total. The number of alkyl carbamates (subject to hydrolysis) is 1. The fraction of sp³-hybridized carbons (Fsp3) is 0.500. The van der Waals surface area contributed by atoms with Crippen LogP contribution in [0.15, 0.2) is 60.8 Å². The molecule has 1 aliphatic rings. The fourth-order valence-corrected chi connectivity index (χ4v) is 5.86. The van der Waals surface area contributed by atoms with Crippen molar-refractivity contribution in [3.05, 3.63) is 71.9 Å². The number of hydrogen-bond donors (Lipinski definition) is 3. The summed E-state index contributed by atoms with van der Waals surface area (Å²) in [5.74, 6) is -0.215. The number of H-pyrrole nitrogens is 1. The zero-order chi connectivity index (χ0) is 27.7. The van der Waals surface area contributed by atoms with Crippen LogP contribution in [0.2, 0.25) is 0 Å². The van der Waals surface area contributed by atoms with Gasteiger partial charge in [0.15, 0.2) is 0 Å². The molecule has 0 spiro atoms. The van der Waals surface area contributed by atoms with E-state index in [0.29, 0.717) is 6.42 Å². The molecule has 210 valence electrons. The number of unbranched alkanes of at least 4 members (excludes halogenated alkanes) is 2. The highest BCUT2D eigenvalue weighted by Crippen LogP contribution is 2.27. The van der Waals surface area contributed by atoms with Crippen LogP contribution in [-0.4, -0.2) is 40.0 Å². The largest absolute Gasteiger partial charge is 0.445 e. The first-order chi connectivity index (χ1) is 18.9. The van der Waals surface area contributed by atoms with Gasteiger partial charge in [-0.05, 0) is 56.2 Å². The summed E-state index contributed by atoms with van der Waals surface area (Å²) in [5.41, 5.74) is 1.90. The van der Waals surface area contributed by atoms with Gasteiger partial charge >= 0.3 is 6.09 Å². The van der Waals surface area contributed by atoms with Gasteiger partial charge in [-0.15, -0.1) is 11.6 Å². The second-order valence-corrected chi connectivity index (χ2v) is 11.7. The molecule has 1 aliphatic carbocycles. The number of alkyl halides is 1. The Hall–Kier alpha value is -2.99. The van der Waals surface area contributed by atoms with Gasteiger partial charge in [0.25, 0.3) is 0 Å². The Morgan fingerprint density at radius 2 is 1.82 bits per heavy atom. The van der Waals surface area contributed by atoms with Crippen LogP contribution < -0.4 is 10.6 Å². The summed E-state index contributed by atoms with van der Waals surface area (Å²) in [5, 5.41) is 7.08. The smallest absolute Gasteiger partial charge is 0.408 e. The van der Waals surface area contributed by atoms with Crippen molar-refractivity contribution < 1.29 is 14.3 Å². The van der Waals surface area contributed by atoms with Gasteiger partial charge in [-0.25, -0.2) is 4.79 Å². The number of carbonyl (C=O) groups excluding carboxylic acids is 2. The maximum absolute atomic E-state index is 14.0. The van der Waals surface area contributed by atoms with Crippen LogP contribution in [-0.2, 0) is 22.4 Å². The lowest BCUT2D eigenvalue weighted by atomic mass is 9.90. The molecule has 0 aliphatic heterocycles. The molecule has 0 radical (unpaired) electrons. The molecule has 7 heteroatoms. The van der Waals surface area contributed by atoms with Gasteiger partial charge in [-0.1, -0.05) is 81.1 Å². The highest BCUT2D eigenvalue weighted by molar-refractivity contribution is 6.21. The summed E-state index contributed by atoms with van der Waals surface area (Å²) < 4.78 is 5.77. The maximum atomic E-state index is 14.0. The number of para-hydroxylation sites is 1. The lowest BCUT2D eigenvalue weighted by Gasteiger charge is -2.33. The van der Waals surface area contributed by atoms with E-state index < -0.39 is 11.6 Å². The van der Waals surface area contributed by atoms with Crippen LogP contribution in [0.4, 0.5) is 4.79 Å². The molecule has 6 nitrogen and oxygen atoms in total. The van der Waals surface area contributed by atoms with Crippen molar-refractivity contribution in [3.63, 3.8) is 0 Å². The van der Waals surface area contributed by atoms with Gasteiger partial charge in [0.2, 0.25) is 5.91 Å². The summed E-state index contributed by atoms with van der Waals surface area (Å²) in [4.78, 5) is 30.5. The molecular formula is C32H42ClN3O3. The summed E-state index contributed by atoms with van der Waals surface area (Å²) in [6.45, 7) is 3.96. The summed E-state index contributed by atoms with van der Waals surface area (Å²) in [7, 11) is 0. The molecule has 4 rings (SSSR count). The number of hydrogen-bond acceptors (Lipinski definition) is 3. The van der Waals surface area contributed by atoms with E-state index in [2.05, 4.69) is 34.7 Å². The predicted molar refractivity (Wildman–Crippen MR) is 158 cm³/mol. The Morgan fingerprint density at radius 3 is 2.59 bits per heavy atom. The summed E-state index contributed by atoms with van der Waals surface area (Å²) in [6.07, 6.45) is 9.73. The second-order valence-electron chi connectivity index (χ2n) is 11.1. The molecule has 1 aromatic heterocycles. The number of ether oxygens (including phenoxy) is 1. The molecule has 4 atom stereocenters. The first-order valence-electron chi connectivity index (χ1n) is 14.4. The van der Waals surface area contributed by atoms with Crippen LogP contribution in [0.25, 0.3) is 10.9 Å². The third kappa shape index (κ3) is 8.01. The number of halogens is 1. The van der Waals surface area contributed by atoms with Crippen molar-refractivity contribution in [1.29, 1.82) is 0 Å². The van der Waals surface area contributed by atoms with E-state index in [0.717, 1.165) is 74.3 Å². The van der Waals surface area contributed by atoms with Gasteiger partial charge in [-0.2, -0.15) is 0 Å². The van der Waals surface area contributed by atoms with E-state index in [-0.39, 0.29) is 23.4 Å². The van der Waals surface area contributed by atoms with Crippen molar-refractivity contribution in [2.45, 2.75) is 101 Å². The van der Waals surface area contributed by atoms with Crippen molar-refractivity contribution in [2.24, 2.45) is 0 Å². The Labute approximate surface area is 237 Å². The molecule has 4 unspecified atom stereocenters. The van der Waals surface area contributed by atoms with Crippen LogP contribution >= 0.6 is 11.6 Å². The molecule has 2 amide bonds. The zero-order valence-electron chi connectivity index (χ0n) is 23.2. The van der Waals surface area contributed by atoms with E-state index in [9.17, 15) is 9.59 Å². The van der Waals surface area contributed by atoms with Gasteiger partial charge in [0.05, 0.1) is 5.38 Å². The number of aromatic nitrogens is 1.